The molecule has 1 heterocycles. The Balaban J connectivity index is 1.83. The van der Waals surface area contributed by atoms with Gasteiger partial charge in [-0.3, -0.25) is 4.79 Å². The van der Waals surface area contributed by atoms with Gasteiger partial charge >= 0.3 is 5.97 Å². The Hall–Kier alpha value is -3.34. The van der Waals surface area contributed by atoms with Crippen LogP contribution in [0.25, 0.3) is 17.0 Å². The average molecular weight is 362 g/mol. The zero-order valence-electron chi connectivity index (χ0n) is 15.5. The Morgan fingerprint density at radius 1 is 1.04 bits per heavy atom. The van der Waals surface area contributed by atoms with Gasteiger partial charge in [-0.2, -0.15) is 0 Å². The van der Waals surface area contributed by atoms with E-state index in [1.807, 2.05) is 42.5 Å². The number of H-pyrrole nitrogens is 1. The van der Waals surface area contributed by atoms with E-state index in [2.05, 4.69) is 31.1 Å². The number of carboxylic acids is 1. The number of nitrogens with one attached hydrogen (secondary N) is 2. The average Bonchev–Trinajstić information content (AvgIpc) is 3.02. The lowest BCUT2D eigenvalue weighted by Crippen LogP contribution is -2.27. The molecule has 5 heteroatoms. The number of aromatic nitrogens is 1. The molecule has 1 aromatic heterocycles. The van der Waals surface area contributed by atoms with Gasteiger partial charge in [0.2, 0.25) is 0 Å². The molecule has 0 aliphatic heterocycles. The number of hydrogen-bond acceptors (Lipinski definition) is 2. The zero-order chi connectivity index (χ0) is 19.6. The Bertz CT molecular complexity index is 989. The number of aromatic amines is 1. The lowest BCUT2D eigenvalue weighted by atomic mass is 9.87. The van der Waals surface area contributed by atoms with E-state index < -0.39 is 11.9 Å². The molecule has 0 atom stereocenters. The number of carbonyl (C=O) groups excluding carboxylic acids is 1. The second-order valence-electron chi connectivity index (χ2n) is 7.46. The third-order valence-electron chi connectivity index (χ3n) is 4.34. The summed E-state index contributed by atoms with van der Waals surface area (Å²) in [6.45, 7) is 6.27. The lowest BCUT2D eigenvalue weighted by Gasteiger charge is -2.19. The molecule has 0 unspecified atom stereocenters. The van der Waals surface area contributed by atoms with Crippen LogP contribution in [-0.4, -0.2) is 22.0 Å². The molecule has 0 saturated carbocycles. The maximum atomic E-state index is 12.5. The fourth-order valence-corrected chi connectivity index (χ4v) is 2.80. The Morgan fingerprint density at radius 2 is 1.70 bits per heavy atom. The molecule has 3 aromatic rings. The number of hydrogen-bond donors (Lipinski definition) is 3. The van der Waals surface area contributed by atoms with Crippen molar-refractivity contribution in [3.05, 3.63) is 77.1 Å². The van der Waals surface area contributed by atoms with E-state index in [1.165, 1.54) is 6.08 Å². The quantitative estimate of drug-likeness (QED) is 0.605. The summed E-state index contributed by atoms with van der Waals surface area (Å²) in [5.74, 6) is -1.66. The van der Waals surface area contributed by atoms with E-state index in [-0.39, 0.29) is 11.1 Å². The summed E-state index contributed by atoms with van der Waals surface area (Å²) >= 11 is 0. The van der Waals surface area contributed by atoms with Crippen molar-refractivity contribution in [2.75, 3.05) is 0 Å². The summed E-state index contributed by atoms with van der Waals surface area (Å²) < 4.78 is 0. The van der Waals surface area contributed by atoms with Crippen molar-refractivity contribution in [1.82, 2.24) is 10.3 Å². The number of carboxylic acid groups (broad SMARTS) is 1. The van der Waals surface area contributed by atoms with Gasteiger partial charge in [0.25, 0.3) is 5.91 Å². The molecular weight excluding hydrogens is 340 g/mol. The summed E-state index contributed by atoms with van der Waals surface area (Å²) in [4.78, 5) is 27.2. The van der Waals surface area contributed by atoms with Gasteiger partial charge in [0.1, 0.15) is 5.70 Å². The molecule has 27 heavy (non-hydrogen) atoms. The van der Waals surface area contributed by atoms with Crippen LogP contribution < -0.4 is 5.32 Å². The van der Waals surface area contributed by atoms with Crippen LogP contribution in [0.2, 0.25) is 0 Å². The first-order chi connectivity index (χ1) is 12.7. The number of carbonyl (C=O) groups is 2. The molecule has 0 bridgehead atoms. The van der Waals surface area contributed by atoms with Crippen LogP contribution in [0.15, 0.2) is 60.3 Å². The van der Waals surface area contributed by atoms with E-state index in [4.69, 9.17) is 0 Å². The third kappa shape index (κ3) is 4.26. The molecule has 1 amide bonds. The van der Waals surface area contributed by atoms with Crippen LogP contribution in [0.3, 0.4) is 0 Å². The topological polar surface area (TPSA) is 82.2 Å². The van der Waals surface area contributed by atoms with Crippen molar-refractivity contribution in [1.29, 1.82) is 0 Å². The number of para-hydroxylation sites is 1. The second kappa shape index (κ2) is 7.11. The van der Waals surface area contributed by atoms with E-state index in [1.54, 1.807) is 12.1 Å². The highest BCUT2D eigenvalue weighted by Gasteiger charge is 2.16. The van der Waals surface area contributed by atoms with Gasteiger partial charge in [0, 0.05) is 16.8 Å². The molecular formula is C22H22N2O3. The minimum atomic E-state index is -1.20. The molecule has 3 rings (SSSR count). The van der Waals surface area contributed by atoms with Crippen LogP contribution in [0, 0.1) is 0 Å². The lowest BCUT2D eigenvalue weighted by molar-refractivity contribution is -0.132. The molecule has 3 N–H and O–H groups in total. The molecule has 0 radical (unpaired) electrons. The fraction of sp³-hybridized carbons (Fsp3) is 0.182. The highest BCUT2D eigenvalue weighted by atomic mass is 16.4. The number of benzene rings is 2. The summed E-state index contributed by atoms with van der Waals surface area (Å²) in [6.07, 6.45) is 1.42. The van der Waals surface area contributed by atoms with Crippen LogP contribution in [-0.2, 0) is 10.2 Å². The minimum Gasteiger partial charge on any atom is -0.477 e. The first-order valence-corrected chi connectivity index (χ1v) is 8.69. The number of fused-ring (bicyclic) bond motifs is 1. The van der Waals surface area contributed by atoms with Gasteiger partial charge in [0.15, 0.2) is 0 Å². The fourth-order valence-electron chi connectivity index (χ4n) is 2.80. The van der Waals surface area contributed by atoms with Crippen molar-refractivity contribution in [3.8, 4) is 0 Å². The highest BCUT2D eigenvalue weighted by molar-refractivity contribution is 6.03. The molecule has 0 aliphatic carbocycles. The van der Waals surface area contributed by atoms with Gasteiger partial charge in [-0.1, -0.05) is 51.1 Å². The Kier molecular flexibility index (Phi) is 4.86. The maximum Gasteiger partial charge on any atom is 0.352 e. The summed E-state index contributed by atoms with van der Waals surface area (Å²) in [6, 6.07) is 16.7. The molecule has 0 fully saturated rings. The van der Waals surface area contributed by atoms with Crippen molar-refractivity contribution in [2.24, 2.45) is 0 Å². The van der Waals surface area contributed by atoms with Crippen LogP contribution >= 0.6 is 0 Å². The second-order valence-corrected chi connectivity index (χ2v) is 7.46. The minimum absolute atomic E-state index is 0.0171. The summed E-state index contributed by atoms with van der Waals surface area (Å²) in [5, 5.41) is 12.9. The van der Waals surface area contributed by atoms with Gasteiger partial charge in [-0.05, 0) is 46.7 Å². The predicted octanol–water partition coefficient (Wildman–Crippen LogP) is 4.32. The van der Waals surface area contributed by atoms with E-state index in [0.29, 0.717) is 11.3 Å². The predicted molar refractivity (Wildman–Crippen MR) is 107 cm³/mol. The van der Waals surface area contributed by atoms with Gasteiger partial charge in [0.05, 0.1) is 0 Å². The first-order valence-electron chi connectivity index (χ1n) is 8.69. The van der Waals surface area contributed by atoms with Gasteiger partial charge in [-0.25, -0.2) is 4.79 Å². The van der Waals surface area contributed by atoms with Crippen molar-refractivity contribution in [2.45, 2.75) is 26.2 Å². The van der Waals surface area contributed by atoms with E-state index >= 15 is 0 Å². The summed E-state index contributed by atoms with van der Waals surface area (Å²) in [7, 11) is 0. The largest absolute Gasteiger partial charge is 0.477 e. The monoisotopic (exact) mass is 362 g/mol. The van der Waals surface area contributed by atoms with Crippen molar-refractivity contribution >= 4 is 28.9 Å². The van der Waals surface area contributed by atoms with Crippen LogP contribution in [0.5, 0.6) is 0 Å². The van der Waals surface area contributed by atoms with Crippen LogP contribution in [0.1, 0.15) is 42.4 Å². The third-order valence-corrected chi connectivity index (χ3v) is 4.34. The first kappa shape index (κ1) is 18.5. The normalized spacial score (nSPS) is 12.2. The Morgan fingerprint density at radius 3 is 2.30 bits per heavy atom. The number of amides is 1. The van der Waals surface area contributed by atoms with Crippen molar-refractivity contribution in [3.63, 3.8) is 0 Å². The maximum absolute atomic E-state index is 12.5. The zero-order valence-corrected chi connectivity index (χ0v) is 15.5. The van der Waals surface area contributed by atoms with E-state index in [0.717, 1.165) is 16.5 Å². The van der Waals surface area contributed by atoms with Crippen LogP contribution in [0.4, 0.5) is 0 Å². The van der Waals surface area contributed by atoms with E-state index in [9.17, 15) is 14.7 Å². The summed E-state index contributed by atoms with van der Waals surface area (Å²) in [5.41, 5.74) is 2.82. The molecule has 0 saturated heterocycles. The SMILES string of the molecule is CC(C)(C)c1ccc(C(=O)N/C(=C/c2cc3ccccc3[nH]2)C(=O)O)cc1. The molecule has 0 spiro atoms. The Labute approximate surface area is 157 Å². The standard InChI is InChI=1S/C22H22N2O3/c1-22(2,3)16-10-8-14(9-11-16)20(25)24-19(21(26)27)13-17-12-15-6-4-5-7-18(15)23-17/h4-13,23H,1-3H3,(H,24,25)(H,26,27)/b19-13+. The van der Waals surface area contributed by atoms with Gasteiger partial charge in [-0.15, -0.1) is 0 Å². The van der Waals surface area contributed by atoms with Crippen molar-refractivity contribution < 1.29 is 14.7 Å². The van der Waals surface area contributed by atoms with Gasteiger partial charge < -0.3 is 15.4 Å². The highest BCUT2D eigenvalue weighted by Crippen LogP contribution is 2.22. The molecule has 5 nitrogen and oxygen atoms in total. The smallest absolute Gasteiger partial charge is 0.352 e. The number of aliphatic carboxylic acids is 1. The molecule has 2 aromatic carbocycles. The number of rotatable bonds is 4. The molecule has 0 aliphatic rings. The molecule has 138 valence electrons.